The fraction of sp³-hybridized carbons (Fsp3) is 0.500. The summed E-state index contributed by atoms with van der Waals surface area (Å²) in [7, 11) is 0. The van der Waals surface area contributed by atoms with Crippen molar-refractivity contribution in [3.8, 4) is 0 Å². The van der Waals surface area contributed by atoms with Crippen molar-refractivity contribution in [3.05, 3.63) is 59.3 Å². The molecule has 25 heavy (non-hydrogen) atoms. The monoisotopic (exact) mass is 340 g/mol. The van der Waals surface area contributed by atoms with E-state index in [4.69, 9.17) is 0 Å². The van der Waals surface area contributed by atoms with Crippen molar-refractivity contribution >= 4 is 5.82 Å². The topological polar surface area (TPSA) is 45.2 Å². The maximum absolute atomic E-state index is 9.36. The number of rotatable bonds is 10. The van der Waals surface area contributed by atoms with E-state index in [-0.39, 0.29) is 6.61 Å². The molecule has 1 aromatic heterocycles. The summed E-state index contributed by atoms with van der Waals surface area (Å²) in [4.78, 5) is 4.45. The van der Waals surface area contributed by atoms with Gasteiger partial charge in [0.05, 0.1) is 0 Å². The first kappa shape index (κ1) is 19.5. The van der Waals surface area contributed by atoms with E-state index in [0.29, 0.717) is 12.0 Å². The molecule has 0 spiro atoms. The summed E-state index contributed by atoms with van der Waals surface area (Å²) in [6.45, 7) is 6.73. The molecule has 2 rings (SSSR count). The van der Waals surface area contributed by atoms with Gasteiger partial charge < -0.3 is 10.4 Å². The highest BCUT2D eigenvalue weighted by Gasteiger charge is 2.11. The predicted octanol–water partition coefficient (Wildman–Crippen LogP) is 4.64. The van der Waals surface area contributed by atoms with Crippen molar-refractivity contribution < 1.29 is 5.11 Å². The van der Waals surface area contributed by atoms with Crippen LogP contribution >= 0.6 is 0 Å². The Kier molecular flexibility index (Phi) is 7.93. The first-order valence-electron chi connectivity index (χ1n) is 9.54. The van der Waals surface area contributed by atoms with Crippen LogP contribution in [-0.2, 0) is 19.3 Å². The highest BCUT2D eigenvalue weighted by Crippen LogP contribution is 2.16. The third-order valence-corrected chi connectivity index (χ3v) is 4.84. The second-order valence-corrected chi connectivity index (χ2v) is 6.96. The van der Waals surface area contributed by atoms with Crippen LogP contribution < -0.4 is 5.32 Å². The largest absolute Gasteiger partial charge is 0.396 e. The zero-order chi connectivity index (χ0) is 18.1. The number of benzene rings is 1. The first-order valence-corrected chi connectivity index (χ1v) is 9.54. The van der Waals surface area contributed by atoms with Gasteiger partial charge in [-0.05, 0) is 67.3 Å². The highest BCUT2D eigenvalue weighted by molar-refractivity contribution is 5.38. The summed E-state index contributed by atoms with van der Waals surface area (Å²) in [6.07, 6.45) is 7.01. The number of pyridine rings is 1. The molecule has 1 aromatic carbocycles. The van der Waals surface area contributed by atoms with E-state index in [2.05, 4.69) is 67.5 Å². The van der Waals surface area contributed by atoms with Crippen LogP contribution in [0.15, 0.2) is 42.6 Å². The standard InChI is InChI=1S/C22H32N2O/c1-4-18-7-6-8-20(14-18)9-10-21-11-12-23-22(15-21)24-17(3)13-19(5-2)16-25/h6-8,11-12,14-15,17,19,25H,4-5,9-10,13,16H2,1-3H3,(H,23,24). The summed E-state index contributed by atoms with van der Waals surface area (Å²) in [5, 5.41) is 12.8. The van der Waals surface area contributed by atoms with E-state index in [1.165, 1.54) is 16.7 Å². The van der Waals surface area contributed by atoms with Gasteiger partial charge in [-0.3, -0.25) is 0 Å². The Morgan fingerprint density at radius 2 is 1.76 bits per heavy atom. The van der Waals surface area contributed by atoms with Crippen molar-refractivity contribution in [1.29, 1.82) is 0 Å². The molecule has 0 saturated heterocycles. The van der Waals surface area contributed by atoms with Crippen LogP contribution in [0.1, 0.15) is 50.3 Å². The minimum absolute atomic E-state index is 0.257. The Hall–Kier alpha value is -1.87. The van der Waals surface area contributed by atoms with Crippen LogP contribution in [0.5, 0.6) is 0 Å². The van der Waals surface area contributed by atoms with Crippen LogP contribution in [0.3, 0.4) is 0 Å². The molecule has 0 radical (unpaired) electrons. The van der Waals surface area contributed by atoms with Gasteiger partial charge in [-0.15, -0.1) is 0 Å². The van der Waals surface area contributed by atoms with Crippen molar-refractivity contribution in [2.75, 3.05) is 11.9 Å². The van der Waals surface area contributed by atoms with Crippen molar-refractivity contribution in [3.63, 3.8) is 0 Å². The number of anilines is 1. The van der Waals surface area contributed by atoms with E-state index in [9.17, 15) is 5.11 Å². The average Bonchev–Trinajstić information content (AvgIpc) is 2.65. The van der Waals surface area contributed by atoms with Gasteiger partial charge in [-0.25, -0.2) is 4.98 Å². The molecule has 0 aliphatic heterocycles. The smallest absolute Gasteiger partial charge is 0.126 e. The van der Waals surface area contributed by atoms with Gasteiger partial charge in [0, 0.05) is 18.8 Å². The van der Waals surface area contributed by atoms with E-state index < -0.39 is 0 Å². The molecule has 2 aromatic rings. The van der Waals surface area contributed by atoms with E-state index in [0.717, 1.165) is 37.9 Å². The van der Waals surface area contributed by atoms with Gasteiger partial charge >= 0.3 is 0 Å². The van der Waals surface area contributed by atoms with E-state index in [1.54, 1.807) is 0 Å². The zero-order valence-corrected chi connectivity index (χ0v) is 15.8. The molecule has 0 fully saturated rings. The van der Waals surface area contributed by atoms with Crippen LogP contribution in [0.25, 0.3) is 0 Å². The van der Waals surface area contributed by atoms with Gasteiger partial charge in [0.25, 0.3) is 0 Å². The van der Waals surface area contributed by atoms with Crippen LogP contribution in [-0.4, -0.2) is 22.7 Å². The Bertz CT molecular complexity index is 637. The molecule has 0 aliphatic carbocycles. The molecular formula is C22H32N2O. The Morgan fingerprint density at radius 1 is 1.04 bits per heavy atom. The summed E-state index contributed by atoms with van der Waals surface area (Å²) >= 11 is 0. The predicted molar refractivity (Wildman–Crippen MR) is 106 cm³/mol. The second-order valence-electron chi connectivity index (χ2n) is 6.96. The molecule has 136 valence electrons. The van der Waals surface area contributed by atoms with Gasteiger partial charge in [0.1, 0.15) is 5.82 Å². The van der Waals surface area contributed by atoms with Gasteiger partial charge in [0.15, 0.2) is 0 Å². The number of aromatic nitrogens is 1. The summed E-state index contributed by atoms with van der Waals surface area (Å²) in [5.74, 6) is 1.29. The summed E-state index contributed by atoms with van der Waals surface area (Å²) in [6, 6.07) is 13.4. The summed E-state index contributed by atoms with van der Waals surface area (Å²) in [5.41, 5.74) is 4.10. The van der Waals surface area contributed by atoms with E-state index in [1.807, 2.05) is 6.20 Å². The lowest BCUT2D eigenvalue weighted by Gasteiger charge is -2.19. The Labute approximate surface area is 152 Å². The fourth-order valence-electron chi connectivity index (χ4n) is 3.18. The number of nitrogens with zero attached hydrogens (tertiary/aromatic N) is 1. The summed E-state index contributed by atoms with van der Waals surface area (Å²) < 4.78 is 0. The number of hydrogen-bond donors (Lipinski definition) is 2. The molecule has 0 saturated carbocycles. The van der Waals surface area contributed by atoms with Gasteiger partial charge in [-0.1, -0.05) is 44.5 Å². The highest BCUT2D eigenvalue weighted by atomic mass is 16.3. The molecule has 0 bridgehead atoms. The number of aliphatic hydroxyl groups excluding tert-OH is 1. The average molecular weight is 341 g/mol. The van der Waals surface area contributed by atoms with Crippen LogP contribution in [0.4, 0.5) is 5.82 Å². The number of aryl methyl sites for hydroxylation is 3. The molecule has 2 unspecified atom stereocenters. The fourth-order valence-corrected chi connectivity index (χ4v) is 3.18. The lowest BCUT2D eigenvalue weighted by molar-refractivity contribution is 0.211. The van der Waals surface area contributed by atoms with Crippen molar-refractivity contribution in [2.24, 2.45) is 5.92 Å². The molecular weight excluding hydrogens is 308 g/mol. The molecule has 3 heteroatoms. The number of aliphatic hydroxyl groups is 1. The molecule has 3 nitrogen and oxygen atoms in total. The third-order valence-electron chi connectivity index (χ3n) is 4.84. The molecule has 0 aliphatic rings. The SMILES string of the molecule is CCc1cccc(CCc2ccnc(NC(C)CC(CC)CO)c2)c1. The maximum Gasteiger partial charge on any atom is 0.126 e. The second kappa shape index (κ2) is 10.2. The lowest BCUT2D eigenvalue weighted by atomic mass is 9.99. The zero-order valence-electron chi connectivity index (χ0n) is 15.8. The molecule has 0 amide bonds. The van der Waals surface area contributed by atoms with Crippen LogP contribution in [0, 0.1) is 5.92 Å². The molecule has 2 atom stereocenters. The molecule has 1 heterocycles. The lowest BCUT2D eigenvalue weighted by Crippen LogP contribution is -2.21. The third kappa shape index (κ3) is 6.50. The van der Waals surface area contributed by atoms with Gasteiger partial charge in [-0.2, -0.15) is 0 Å². The minimum Gasteiger partial charge on any atom is -0.396 e. The Morgan fingerprint density at radius 3 is 2.44 bits per heavy atom. The quantitative estimate of drug-likeness (QED) is 0.662. The minimum atomic E-state index is 0.257. The van der Waals surface area contributed by atoms with Crippen LogP contribution in [0.2, 0.25) is 0 Å². The van der Waals surface area contributed by atoms with Crippen molar-refractivity contribution in [1.82, 2.24) is 4.98 Å². The molecule has 2 N–H and O–H groups in total. The van der Waals surface area contributed by atoms with E-state index >= 15 is 0 Å². The Balaban J connectivity index is 1.91. The first-order chi connectivity index (χ1) is 12.1. The normalized spacial score (nSPS) is 13.4. The maximum atomic E-state index is 9.36. The number of nitrogens with one attached hydrogen (secondary N) is 1. The van der Waals surface area contributed by atoms with Crippen molar-refractivity contribution in [2.45, 2.75) is 58.9 Å². The van der Waals surface area contributed by atoms with Gasteiger partial charge in [0.2, 0.25) is 0 Å². The number of hydrogen-bond acceptors (Lipinski definition) is 3.